The fraction of sp³-hybridized carbons (Fsp3) is 0.739. The molecule has 10 heteroatoms. The van der Waals surface area contributed by atoms with Crippen molar-refractivity contribution in [2.24, 2.45) is 11.8 Å². The number of hydrogen-bond acceptors (Lipinski definition) is 7. The van der Waals surface area contributed by atoms with E-state index in [4.69, 9.17) is 9.47 Å². The summed E-state index contributed by atoms with van der Waals surface area (Å²) in [4.78, 5) is 28.3. The van der Waals surface area contributed by atoms with E-state index in [0.717, 1.165) is 30.6 Å². The highest BCUT2D eigenvalue weighted by Crippen LogP contribution is 2.46. The first kappa shape index (κ1) is 26.0. The number of piperidine rings is 1. The fourth-order valence-electron chi connectivity index (χ4n) is 4.72. The van der Waals surface area contributed by atoms with Crippen LogP contribution in [0.1, 0.15) is 70.1 Å². The van der Waals surface area contributed by atoms with Gasteiger partial charge in [-0.15, -0.1) is 11.3 Å². The molecule has 0 N–H and O–H groups in total. The van der Waals surface area contributed by atoms with Crippen molar-refractivity contribution in [3.63, 3.8) is 0 Å². The highest BCUT2D eigenvalue weighted by atomic mass is 32.2. The van der Waals surface area contributed by atoms with Gasteiger partial charge in [0.25, 0.3) is 0 Å². The molecule has 3 rings (SSSR count). The van der Waals surface area contributed by atoms with E-state index < -0.39 is 16.2 Å². The second-order valence-corrected chi connectivity index (χ2v) is 12.6. The summed E-state index contributed by atoms with van der Waals surface area (Å²) < 4.78 is 35.4. The molecule has 0 aromatic carbocycles. The molecular formula is C23H36N2O6S2. The van der Waals surface area contributed by atoms with Gasteiger partial charge in [0, 0.05) is 29.9 Å². The molecule has 1 aliphatic heterocycles. The average molecular weight is 501 g/mol. The summed E-state index contributed by atoms with van der Waals surface area (Å²) in [5.41, 5.74) is 0. The van der Waals surface area contributed by atoms with Crippen LogP contribution in [0.15, 0.2) is 6.07 Å². The fourth-order valence-corrected chi connectivity index (χ4v) is 6.99. The third-order valence-electron chi connectivity index (χ3n) is 6.72. The number of carbonyl (C=O) groups excluding carboxylic acids is 2. The molecule has 0 radical (unpaired) electrons. The number of rotatable bonds is 6. The Morgan fingerprint density at radius 2 is 1.73 bits per heavy atom. The zero-order valence-electron chi connectivity index (χ0n) is 20.2. The number of amides is 1. The number of hydrogen-bond donors (Lipinski definition) is 0. The molecule has 1 amide bonds. The molecule has 1 aromatic rings. The largest absolute Gasteiger partial charge is 0.513 e. The maximum Gasteiger partial charge on any atom is 0.513 e. The van der Waals surface area contributed by atoms with Crippen LogP contribution in [-0.4, -0.2) is 57.3 Å². The highest BCUT2D eigenvalue weighted by Gasteiger charge is 2.35. The number of ether oxygens (including phenoxy) is 2. The van der Waals surface area contributed by atoms with Gasteiger partial charge in [-0.3, -0.25) is 9.69 Å². The van der Waals surface area contributed by atoms with Crippen molar-refractivity contribution in [2.45, 2.75) is 71.3 Å². The molecule has 1 saturated carbocycles. The van der Waals surface area contributed by atoms with Gasteiger partial charge in [0.15, 0.2) is 5.75 Å². The third-order valence-corrected chi connectivity index (χ3v) is 9.30. The van der Waals surface area contributed by atoms with Gasteiger partial charge >= 0.3 is 6.16 Å². The van der Waals surface area contributed by atoms with Gasteiger partial charge in [-0.25, -0.2) is 17.5 Å². The van der Waals surface area contributed by atoms with Gasteiger partial charge in [-0.1, -0.05) is 6.92 Å². The summed E-state index contributed by atoms with van der Waals surface area (Å²) in [7, 11) is -1.95. The second-order valence-electron chi connectivity index (χ2n) is 9.57. The standard InChI is InChI=1S/C23H36N2O6S2/c1-15(2)25(21(26)18-8-6-16(3)7-9-18)22-19(31-23(27)30-4)14-20(32-22)17-10-12-24(13-11-17)33(5,28)29/h14-18H,6-13H2,1-5H3. The van der Waals surface area contributed by atoms with Gasteiger partial charge in [-0.2, -0.15) is 0 Å². The van der Waals surface area contributed by atoms with Crippen LogP contribution in [0.3, 0.4) is 0 Å². The third kappa shape index (κ3) is 6.27. The Morgan fingerprint density at radius 3 is 2.24 bits per heavy atom. The number of anilines is 1. The van der Waals surface area contributed by atoms with Crippen LogP contribution in [0.4, 0.5) is 9.80 Å². The van der Waals surface area contributed by atoms with Crippen molar-refractivity contribution >= 4 is 38.4 Å². The molecule has 0 spiro atoms. The molecule has 0 unspecified atom stereocenters. The summed E-state index contributed by atoms with van der Waals surface area (Å²) >= 11 is 1.46. The molecule has 1 aromatic heterocycles. The summed E-state index contributed by atoms with van der Waals surface area (Å²) in [6.07, 6.45) is 5.61. The van der Waals surface area contributed by atoms with E-state index in [2.05, 4.69) is 6.92 Å². The quantitative estimate of drug-likeness (QED) is 0.530. The predicted octanol–water partition coefficient (Wildman–Crippen LogP) is 4.60. The number of nitrogens with zero attached hydrogens (tertiary/aromatic N) is 2. The first-order valence-corrected chi connectivity index (χ1v) is 14.4. The highest BCUT2D eigenvalue weighted by molar-refractivity contribution is 7.88. The summed E-state index contributed by atoms with van der Waals surface area (Å²) in [5.74, 6) is 1.16. The van der Waals surface area contributed by atoms with Crippen LogP contribution >= 0.6 is 11.3 Å². The van der Waals surface area contributed by atoms with E-state index >= 15 is 0 Å². The van der Waals surface area contributed by atoms with Crippen LogP contribution in [0.25, 0.3) is 0 Å². The lowest BCUT2D eigenvalue weighted by molar-refractivity contribution is -0.123. The number of carbonyl (C=O) groups is 2. The molecule has 0 atom stereocenters. The molecule has 1 saturated heterocycles. The van der Waals surface area contributed by atoms with Crippen LogP contribution in [0, 0.1) is 11.8 Å². The van der Waals surface area contributed by atoms with Gasteiger partial charge in [-0.05, 0) is 70.3 Å². The zero-order valence-corrected chi connectivity index (χ0v) is 21.8. The minimum absolute atomic E-state index is 0.0295. The first-order chi connectivity index (χ1) is 15.5. The maximum atomic E-state index is 13.6. The Kier molecular flexibility index (Phi) is 8.45. The minimum Gasteiger partial charge on any atom is -0.437 e. The normalized spacial score (nSPS) is 22.8. The average Bonchev–Trinajstić information content (AvgIpc) is 3.16. The Hall–Kier alpha value is -1.65. The van der Waals surface area contributed by atoms with Crippen LogP contribution in [0.2, 0.25) is 0 Å². The van der Waals surface area contributed by atoms with Crippen LogP contribution in [-0.2, 0) is 19.6 Å². The van der Waals surface area contributed by atoms with Gasteiger partial charge in [0.1, 0.15) is 5.00 Å². The summed E-state index contributed by atoms with van der Waals surface area (Å²) in [6, 6.07) is 1.72. The lowest BCUT2D eigenvalue weighted by Crippen LogP contribution is -2.42. The van der Waals surface area contributed by atoms with Gasteiger partial charge < -0.3 is 9.47 Å². The monoisotopic (exact) mass is 500 g/mol. The second kappa shape index (κ2) is 10.7. The predicted molar refractivity (Wildman–Crippen MR) is 129 cm³/mol. The van der Waals surface area contributed by atoms with Crippen molar-refractivity contribution in [2.75, 3.05) is 31.4 Å². The van der Waals surface area contributed by atoms with Crippen molar-refractivity contribution in [3.05, 3.63) is 10.9 Å². The number of sulfonamides is 1. The van der Waals surface area contributed by atoms with E-state index in [9.17, 15) is 18.0 Å². The van der Waals surface area contributed by atoms with E-state index in [1.165, 1.54) is 29.0 Å². The smallest absolute Gasteiger partial charge is 0.437 e. The zero-order chi connectivity index (χ0) is 24.3. The van der Waals surface area contributed by atoms with E-state index in [1.54, 1.807) is 4.90 Å². The Balaban J connectivity index is 1.89. The molecule has 33 heavy (non-hydrogen) atoms. The topological polar surface area (TPSA) is 93.2 Å². The summed E-state index contributed by atoms with van der Waals surface area (Å²) in [5, 5.41) is 0.625. The van der Waals surface area contributed by atoms with E-state index in [1.807, 2.05) is 19.9 Å². The number of thiophene rings is 1. The maximum absolute atomic E-state index is 13.6. The van der Waals surface area contributed by atoms with Crippen molar-refractivity contribution in [1.82, 2.24) is 4.31 Å². The molecule has 8 nitrogen and oxygen atoms in total. The molecule has 186 valence electrons. The summed E-state index contributed by atoms with van der Waals surface area (Å²) in [6.45, 7) is 7.07. The number of methoxy groups -OCH3 is 1. The molecule has 2 heterocycles. The Bertz CT molecular complexity index is 942. The van der Waals surface area contributed by atoms with E-state index in [-0.39, 0.29) is 23.8 Å². The molecular weight excluding hydrogens is 464 g/mol. The Labute approximate surface area is 201 Å². The SMILES string of the molecule is COC(=O)Oc1cc(C2CCN(S(C)(=O)=O)CC2)sc1N(C(=O)C1CCC(C)CC1)C(C)C. The Morgan fingerprint density at radius 1 is 1.12 bits per heavy atom. The van der Waals surface area contributed by atoms with Crippen LogP contribution in [0.5, 0.6) is 5.75 Å². The van der Waals surface area contributed by atoms with E-state index in [0.29, 0.717) is 42.6 Å². The lowest BCUT2D eigenvalue weighted by Gasteiger charge is -2.33. The van der Waals surface area contributed by atoms with Gasteiger partial charge in [0.2, 0.25) is 15.9 Å². The molecule has 0 bridgehead atoms. The minimum atomic E-state index is -3.21. The van der Waals surface area contributed by atoms with Gasteiger partial charge in [0.05, 0.1) is 13.4 Å². The first-order valence-electron chi connectivity index (χ1n) is 11.7. The molecule has 1 aliphatic carbocycles. The molecule has 2 aliphatic rings. The van der Waals surface area contributed by atoms with Crippen molar-refractivity contribution in [1.29, 1.82) is 0 Å². The van der Waals surface area contributed by atoms with Crippen molar-refractivity contribution < 1.29 is 27.5 Å². The molecule has 2 fully saturated rings. The lowest BCUT2D eigenvalue weighted by atomic mass is 9.82. The van der Waals surface area contributed by atoms with Crippen LogP contribution < -0.4 is 9.64 Å². The van der Waals surface area contributed by atoms with Crippen molar-refractivity contribution in [3.8, 4) is 5.75 Å².